The van der Waals surface area contributed by atoms with Crippen molar-refractivity contribution in [3.63, 3.8) is 0 Å². The van der Waals surface area contributed by atoms with Crippen LogP contribution in [0.4, 0.5) is 5.82 Å². The number of anilines is 1. The van der Waals surface area contributed by atoms with E-state index < -0.39 is 0 Å². The maximum atomic E-state index is 4.33. The molecule has 0 aliphatic rings. The smallest absolute Gasteiger partial charge is 0.146 e. The average molecular weight is 248 g/mol. The van der Waals surface area contributed by atoms with Crippen molar-refractivity contribution in [2.75, 3.05) is 5.43 Å². The molecule has 3 aromatic rings. The monoisotopic (exact) mass is 248 g/mol. The fourth-order valence-corrected chi connectivity index (χ4v) is 1.76. The number of hydrogen-bond donors (Lipinski definition) is 1. The highest BCUT2D eigenvalue weighted by Crippen LogP contribution is 2.12. The second-order valence-corrected chi connectivity index (χ2v) is 4.04. The summed E-state index contributed by atoms with van der Waals surface area (Å²) in [5.74, 6) is 0.708. The van der Waals surface area contributed by atoms with E-state index in [1.165, 1.54) is 0 Å². The van der Waals surface area contributed by atoms with Crippen LogP contribution in [0.3, 0.4) is 0 Å². The van der Waals surface area contributed by atoms with Gasteiger partial charge >= 0.3 is 0 Å². The van der Waals surface area contributed by atoms with Crippen LogP contribution >= 0.6 is 0 Å². The third-order valence-corrected chi connectivity index (χ3v) is 2.69. The van der Waals surface area contributed by atoms with Crippen molar-refractivity contribution in [3.8, 4) is 0 Å². The van der Waals surface area contributed by atoms with Gasteiger partial charge in [0.05, 0.1) is 11.9 Å². The van der Waals surface area contributed by atoms with Crippen molar-refractivity contribution in [2.24, 2.45) is 5.10 Å². The van der Waals surface area contributed by atoms with Gasteiger partial charge in [-0.1, -0.05) is 30.3 Å². The minimum atomic E-state index is 0.708. The largest absolute Gasteiger partial charge is 0.261 e. The molecule has 0 bridgehead atoms. The predicted octanol–water partition coefficient (Wildman–Crippen LogP) is 3.08. The maximum Gasteiger partial charge on any atom is 0.146 e. The molecule has 0 atom stereocenters. The van der Waals surface area contributed by atoms with Crippen molar-refractivity contribution in [1.82, 2.24) is 9.97 Å². The molecule has 1 N–H and O–H groups in total. The van der Waals surface area contributed by atoms with E-state index in [-0.39, 0.29) is 0 Å². The molecule has 0 unspecified atom stereocenters. The fourth-order valence-electron chi connectivity index (χ4n) is 1.76. The summed E-state index contributed by atoms with van der Waals surface area (Å²) in [6.45, 7) is 0. The van der Waals surface area contributed by atoms with Gasteiger partial charge in [0.1, 0.15) is 5.82 Å². The average Bonchev–Trinajstić information content (AvgIpc) is 2.48. The van der Waals surface area contributed by atoms with Crippen molar-refractivity contribution < 1.29 is 0 Å². The lowest BCUT2D eigenvalue weighted by atomic mass is 10.1. The van der Waals surface area contributed by atoms with Crippen LogP contribution in [0.5, 0.6) is 0 Å². The molecular formula is C15H12N4. The lowest BCUT2D eigenvalue weighted by molar-refractivity contribution is 1.22. The minimum absolute atomic E-state index is 0.708. The Morgan fingerprint density at radius 1 is 0.947 bits per heavy atom. The molecule has 0 aliphatic carbocycles. The van der Waals surface area contributed by atoms with Crippen molar-refractivity contribution >= 4 is 22.8 Å². The zero-order chi connectivity index (χ0) is 12.9. The van der Waals surface area contributed by atoms with Gasteiger partial charge in [0.25, 0.3) is 0 Å². The van der Waals surface area contributed by atoms with Gasteiger partial charge in [-0.25, -0.2) is 4.98 Å². The molecule has 0 aliphatic heterocycles. The zero-order valence-electron chi connectivity index (χ0n) is 10.2. The standard InChI is InChI=1S/C15H12N4/c1-2-6-13-10-17-14(9-12(13)5-1)11-18-19-15-7-3-4-8-16-15/h1-11H,(H,16,19)/b18-11+. The van der Waals surface area contributed by atoms with Crippen LogP contribution in [0.15, 0.2) is 66.0 Å². The predicted molar refractivity (Wildman–Crippen MR) is 77.2 cm³/mol. The molecule has 3 rings (SSSR count). The maximum absolute atomic E-state index is 4.33. The van der Waals surface area contributed by atoms with Crippen LogP contribution in [0.2, 0.25) is 0 Å². The topological polar surface area (TPSA) is 50.2 Å². The van der Waals surface area contributed by atoms with Gasteiger partial charge < -0.3 is 0 Å². The van der Waals surface area contributed by atoms with E-state index in [2.05, 4.69) is 26.6 Å². The molecule has 92 valence electrons. The quantitative estimate of drug-likeness (QED) is 0.572. The Bertz CT molecular complexity index is 707. The summed E-state index contributed by atoms with van der Waals surface area (Å²) < 4.78 is 0. The van der Waals surface area contributed by atoms with E-state index in [1.54, 1.807) is 12.4 Å². The summed E-state index contributed by atoms with van der Waals surface area (Å²) in [5.41, 5.74) is 3.67. The van der Waals surface area contributed by atoms with Crippen molar-refractivity contribution in [2.45, 2.75) is 0 Å². The van der Waals surface area contributed by atoms with Gasteiger partial charge in [-0.2, -0.15) is 5.10 Å². The normalized spacial score (nSPS) is 10.9. The Morgan fingerprint density at radius 2 is 1.79 bits per heavy atom. The van der Waals surface area contributed by atoms with Crippen LogP contribution in [-0.4, -0.2) is 16.2 Å². The molecular weight excluding hydrogens is 236 g/mol. The Labute approximate surface area is 110 Å². The second kappa shape index (κ2) is 5.27. The first-order valence-electron chi connectivity index (χ1n) is 5.97. The van der Waals surface area contributed by atoms with Crippen LogP contribution in [0, 0.1) is 0 Å². The lowest BCUT2D eigenvalue weighted by Gasteiger charge is -1.99. The van der Waals surface area contributed by atoms with Crippen LogP contribution < -0.4 is 5.43 Å². The number of rotatable bonds is 3. The SMILES string of the molecule is C(=N\Nc1ccccn1)/c1cc2ccccc2cn1. The summed E-state index contributed by atoms with van der Waals surface area (Å²) in [5, 5.41) is 6.39. The number of fused-ring (bicyclic) bond motifs is 1. The van der Waals surface area contributed by atoms with E-state index in [0.29, 0.717) is 5.82 Å². The Hall–Kier alpha value is -2.75. The van der Waals surface area contributed by atoms with Crippen molar-refractivity contribution in [1.29, 1.82) is 0 Å². The summed E-state index contributed by atoms with van der Waals surface area (Å²) in [6.07, 6.45) is 5.24. The molecule has 2 aromatic heterocycles. The molecule has 2 heterocycles. The third kappa shape index (κ3) is 2.74. The van der Waals surface area contributed by atoms with E-state index in [0.717, 1.165) is 16.5 Å². The van der Waals surface area contributed by atoms with Crippen LogP contribution in [-0.2, 0) is 0 Å². The van der Waals surface area contributed by atoms with E-state index in [9.17, 15) is 0 Å². The lowest BCUT2D eigenvalue weighted by Crippen LogP contribution is -1.94. The Kier molecular flexibility index (Phi) is 3.14. The summed E-state index contributed by atoms with van der Waals surface area (Å²) in [4.78, 5) is 8.44. The summed E-state index contributed by atoms with van der Waals surface area (Å²) in [6, 6.07) is 15.7. The van der Waals surface area contributed by atoms with Crippen LogP contribution in [0.1, 0.15) is 5.69 Å². The van der Waals surface area contributed by atoms with Gasteiger partial charge in [0, 0.05) is 17.8 Å². The van der Waals surface area contributed by atoms with Gasteiger partial charge in [0.2, 0.25) is 0 Å². The highest BCUT2D eigenvalue weighted by Gasteiger charge is 1.94. The molecule has 0 spiro atoms. The number of benzene rings is 1. The fraction of sp³-hybridized carbons (Fsp3) is 0. The first-order chi connectivity index (χ1) is 9.42. The van der Waals surface area contributed by atoms with E-state index >= 15 is 0 Å². The van der Waals surface area contributed by atoms with Gasteiger partial charge in [-0.05, 0) is 23.6 Å². The van der Waals surface area contributed by atoms with Gasteiger partial charge in [0.15, 0.2) is 0 Å². The molecule has 0 fully saturated rings. The number of nitrogens with zero attached hydrogens (tertiary/aromatic N) is 3. The molecule has 0 saturated carbocycles. The Balaban J connectivity index is 1.78. The molecule has 0 radical (unpaired) electrons. The first-order valence-corrected chi connectivity index (χ1v) is 5.97. The van der Waals surface area contributed by atoms with E-state index in [1.807, 2.05) is 48.7 Å². The number of hydrogen-bond acceptors (Lipinski definition) is 4. The molecule has 19 heavy (non-hydrogen) atoms. The number of aromatic nitrogens is 2. The minimum Gasteiger partial charge on any atom is -0.261 e. The first kappa shape index (κ1) is 11.3. The third-order valence-electron chi connectivity index (χ3n) is 2.69. The number of hydrazone groups is 1. The summed E-state index contributed by atoms with van der Waals surface area (Å²) in [7, 11) is 0. The molecule has 1 aromatic carbocycles. The molecule has 4 heteroatoms. The second-order valence-electron chi connectivity index (χ2n) is 4.04. The molecule has 0 saturated heterocycles. The van der Waals surface area contributed by atoms with Crippen molar-refractivity contribution in [3.05, 3.63) is 66.6 Å². The Morgan fingerprint density at radius 3 is 2.63 bits per heavy atom. The number of pyridine rings is 2. The highest BCUT2D eigenvalue weighted by molar-refractivity contribution is 5.88. The van der Waals surface area contributed by atoms with E-state index in [4.69, 9.17) is 0 Å². The molecule has 4 nitrogen and oxygen atoms in total. The van der Waals surface area contributed by atoms with Gasteiger partial charge in [-0.3, -0.25) is 10.4 Å². The summed E-state index contributed by atoms with van der Waals surface area (Å²) >= 11 is 0. The number of nitrogens with one attached hydrogen (secondary N) is 1. The highest BCUT2D eigenvalue weighted by atomic mass is 15.3. The van der Waals surface area contributed by atoms with Crippen LogP contribution in [0.25, 0.3) is 10.8 Å². The zero-order valence-corrected chi connectivity index (χ0v) is 10.2. The molecule has 0 amide bonds. The van der Waals surface area contributed by atoms with Gasteiger partial charge in [-0.15, -0.1) is 0 Å².